The second-order valence-corrected chi connectivity index (χ2v) is 5.19. The molecular weight excluding hydrogens is 254 g/mol. The molecular formula is C15H19N3O2. The number of amides is 1. The molecule has 1 amide bonds. The average Bonchev–Trinajstić information content (AvgIpc) is 2.89. The van der Waals surface area contributed by atoms with Crippen molar-refractivity contribution in [1.29, 1.82) is 0 Å². The summed E-state index contributed by atoms with van der Waals surface area (Å²) in [4.78, 5) is 31.8. The lowest BCUT2D eigenvalue weighted by Gasteiger charge is -2.22. The van der Waals surface area contributed by atoms with E-state index < -0.39 is 5.41 Å². The highest BCUT2D eigenvalue weighted by molar-refractivity contribution is 6.05. The molecule has 5 heteroatoms. The van der Waals surface area contributed by atoms with E-state index in [4.69, 9.17) is 0 Å². The number of nitrogens with zero attached hydrogens (tertiary/aromatic N) is 2. The van der Waals surface area contributed by atoms with Crippen LogP contribution in [0.15, 0.2) is 23.3 Å². The Morgan fingerprint density at radius 1 is 1.35 bits per heavy atom. The van der Waals surface area contributed by atoms with Gasteiger partial charge in [-0.25, -0.2) is 4.98 Å². The van der Waals surface area contributed by atoms with Gasteiger partial charge in [-0.3, -0.25) is 14.6 Å². The van der Waals surface area contributed by atoms with Crippen LogP contribution in [0, 0.1) is 5.41 Å². The summed E-state index contributed by atoms with van der Waals surface area (Å²) in [5, 5.41) is 2.82. The normalized spacial score (nSPS) is 17.3. The second-order valence-electron chi connectivity index (χ2n) is 5.19. The van der Waals surface area contributed by atoms with Gasteiger partial charge in [-0.05, 0) is 31.9 Å². The van der Waals surface area contributed by atoms with E-state index in [1.54, 1.807) is 25.4 Å². The zero-order valence-corrected chi connectivity index (χ0v) is 11.8. The summed E-state index contributed by atoms with van der Waals surface area (Å²) in [5.41, 5.74) is 0.0315. The molecule has 0 radical (unpaired) electrons. The molecule has 1 aliphatic carbocycles. The van der Waals surface area contributed by atoms with E-state index in [-0.39, 0.29) is 11.7 Å². The standard InChI is InChI=1S/C15H19N3O2/c1-11(19)12-5-6-13(17-9-12)18-14(20)15(10-16-2)7-3-4-8-15/h5-6,9-10H,3-4,7-8H2,1-2H3,(H,17,18,20). The molecule has 0 unspecified atom stereocenters. The largest absolute Gasteiger partial charge is 0.310 e. The molecule has 1 fully saturated rings. The number of anilines is 1. The molecule has 1 heterocycles. The maximum Gasteiger partial charge on any atom is 0.237 e. The van der Waals surface area contributed by atoms with Crippen molar-refractivity contribution in [3.63, 3.8) is 0 Å². The zero-order chi connectivity index (χ0) is 14.6. The smallest absolute Gasteiger partial charge is 0.237 e. The number of rotatable bonds is 4. The molecule has 1 saturated carbocycles. The van der Waals surface area contributed by atoms with Crippen molar-refractivity contribution in [3.05, 3.63) is 23.9 Å². The van der Waals surface area contributed by atoms with Gasteiger partial charge in [-0.15, -0.1) is 0 Å². The van der Waals surface area contributed by atoms with Gasteiger partial charge in [-0.2, -0.15) is 0 Å². The zero-order valence-electron chi connectivity index (χ0n) is 11.8. The predicted octanol–water partition coefficient (Wildman–Crippen LogP) is 2.48. The van der Waals surface area contributed by atoms with E-state index in [1.807, 2.05) is 0 Å². The molecule has 0 atom stereocenters. The number of nitrogens with one attached hydrogen (secondary N) is 1. The van der Waals surface area contributed by atoms with Gasteiger partial charge in [0.15, 0.2) is 5.78 Å². The SMILES string of the molecule is CN=CC1(C(=O)Nc2ccc(C(C)=O)cn2)CCCC1. The number of hydrogen-bond acceptors (Lipinski definition) is 4. The predicted molar refractivity (Wildman–Crippen MR) is 78.2 cm³/mol. The van der Waals surface area contributed by atoms with Gasteiger partial charge in [0, 0.05) is 25.0 Å². The number of hydrogen-bond donors (Lipinski definition) is 1. The van der Waals surface area contributed by atoms with Crippen LogP contribution in [0.4, 0.5) is 5.82 Å². The molecule has 0 aliphatic heterocycles. The van der Waals surface area contributed by atoms with Gasteiger partial charge in [0.05, 0.1) is 5.41 Å². The fraction of sp³-hybridized carbons (Fsp3) is 0.467. The maximum atomic E-state index is 12.4. The third-order valence-corrected chi connectivity index (χ3v) is 3.74. The first kappa shape index (κ1) is 14.4. The Labute approximate surface area is 118 Å². The van der Waals surface area contributed by atoms with Crippen molar-refractivity contribution in [2.24, 2.45) is 10.4 Å². The molecule has 0 aromatic carbocycles. The molecule has 1 aromatic heterocycles. The lowest BCUT2D eigenvalue weighted by molar-refractivity contribution is -0.121. The van der Waals surface area contributed by atoms with Gasteiger partial charge >= 0.3 is 0 Å². The van der Waals surface area contributed by atoms with Crippen molar-refractivity contribution in [1.82, 2.24) is 4.98 Å². The second kappa shape index (κ2) is 5.94. The molecule has 1 aromatic rings. The van der Waals surface area contributed by atoms with Gasteiger partial charge in [0.25, 0.3) is 0 Å². The molecule has 2 rings (SSSR count). The quantitative estimate of drug-likeness (QED) is 0.676. The maximum absolute atomic E-state index is 12.4. The van der Waals surface area contributed by atoms with Crippen LogP contribution in [0.3, 0.4) is 0 Å². The van der Waals surface area contributed by atoms with Crippen molar-refractivity contribution in [2.75, 3.05) is 12.4 Å². The minimum atomic E-state index is -0.504. The molecule has 106 valence electrons. The van der Waals surface area contributed by atoms with Crippen LogP contribution in [0.25, 0.3) is 0 Å². The molecule has 0 spiro atoms. The van der Waals surface area contributed by atoms with E-state index in [9.17, 15) is 9.59 Å². The Bertz CT molecular complexity index is 529. The van der Waals surface area contributed by atoms with E-state index in [2.05, 4.69) is 15.3 Å². The molecule has 0 saturated heterocycles. The van der Waals surface area contributed by atoms with E-state index in [0.29, 0.717) is 11.4 Å². The number of carbonyl (C=O) groups is 2. The highest BCUT2D eigenvalue weighted by Gasteiger charge is 2.39. The third kappa shape index (κ3) is 2.92. The summed E-state index contributed by atoms with van der Waals surface area (Å²) in [6.45, 7) is 1.49. The Kier molecular flexibility index (Phi) is 4.27. The van der Waals surface area contributed by atoms with Crippen LogP contribution in [-0.2, 0) is 4.79 Å². The summed E-state index contributed by atoms with van der Waals surface area (Å²) in [5.74, 6) is 0.361. The van der Waals surface area contributed by atoms with Crippen LogP contribution in [0.5, 0.6) is 0 Å². The van der Waals surface area contributed by atoms with Gasteiger partial charge in [0.1, 0.15) is 5.82 Å². The van der Waals surface area contributed by atoms with E-state index in [0.717, 1.165) is 25.7 Å². The molecule has 5 nitrogen and oxygen atoms in total. The summed E-state index contributed by atoms with van der Waals surface area (Å²) in [6.07, 6.45) is 6.95. The number of carbonyl (C=O) groups excluding carboxylic acids is 2. The number of aromatic nitrogens is 1. The molecule has 0 bridgehead atoms. The molecule has 20 heavy (non-hydrogen) atoms. The highest BCUT2D eigenvalue weighted by Crippen LogP contribution is 2.37. The van der Waals surface area contributed by atoms with Crippen LogP contribution in [-0.4, -0.2) is 29.9 Å². The van der Waals surface area contributed by atoms with E-state index >= 15 is 0 Å². The van der Waals surface area contributed by atoms with Gasteiger partial charge in [-0.1, -0.05) is 12.8 Å². The summed E-state index contributed by atoms with van der Waals surface area (Å²) >= 11 is 0. The summed E-state index contributed by atoms with van der Waals surface area (Å²) in [7, 11) is 1.69. The Morgan fingerprint density at radius 2 is 2.05 bits per heavy atom. The lowest BCUT2D eigenvalue weighted by atomic mass is 9.86. The Hall–Kier alpha value is -2.04. The van der Waals surface area contributed by atoms with Crippen molar-refractivity contribution in [3.8, 4) is 0 Å². The first-order chi connectivity index (χ1) is 9.57. The van der Waals surface area contributed by atoms with Gasteiger partial charge in [0.2, 0.25) is 5.91 Å². The minimum absolute atomic E-state index is 0.0410. The van der Waals surface area contributed by atoms with Crippen LogP contribution >= 0.6 is 0 Å². The first-order valence-corrected chi connectivity index (χ1v) is 6.79. The molecule has 1 N–H and O–H groups in total. The van der Waals surface area contributed by atoms with Crippen molar-refractivity contribution in [2.45, 2.75) is 32.6 Å². The van der Waals surface area contributed by atoms with Crippen molar-refractivity contribution >= 4 is 23.7 Å². The Morgan fingerprint density at radius 3 is 2.55 bits per heavy atom. The minimum Gasteiger partial charge on any atom is -0.310 e. The van der Waals surface area contributed by atoms with Crippen LogP contribution < -0.4 is 5.32 Å². The third-order valence-electron chi connectivity index (χ3n) is 3.74. The summed E-state index contributed by atoms with van der Waals surface area (Å²) < 4.78 is 0. The van der Waals surface area contributed by atoms with E-state index in [1.165, 1.54) is 13.1 Å². The lowest BCUT2D eigenvalue weighted by Crippen LogP contribution is -2.35. The average molecular weight is 273 g/mol. The monoisotopic (exact) mass is 273 g/mol. The van der Waals surface area contributed by atoms with Crippen LogP contribution in [0.2, 0.25) is 0 Å². The number of ketones is 1. The number of pyridine rings is 1. The fourth-order valence-corrected chi connectivity index (χ4v) is 2.58. The number of Topliss-reactive ketones (excluding diaryl/α,β-unsaturated/α-hetero) is 1. The molecule has 1 aliphatic rings. The highest BCUT2D eigenvalue weighted by atomic mass is 16.2. The number of aliphatic imine (C=N–C) groups is 1. The van der Waals surface area contributed by atoms with Gasteiger partial charge < -0.3 is 5.32 Å². The van der Waals surface area contributed by atoms with Crippen molar-refractivity contribution < 1.29 is 9.59 Å². The summed E-state index contributed by atoms with van der Waals surface area (Å²) in [6, 6.07) is 3.32. The topological polar surface area (TPSA) is 71.4 Å². The fourth-order valence-electron chi connectivity index (χ4n) is 2.58. The first-order valence-electron chi connectivity index (χ1n) is 6.79. The Balaban J connectivity index is 2.12. The van der Waals surface area contributed by atoms with Crippen LogP contribution in [0.1, 0.15) is 43.0 Å².